The Hall–Kier alpha value is -3.00. The predicted molar refractivity (Wildman–Crippen MR) is 105 cm³/mol. The summed E-state index contributed by atoms with van der Waals surface area (Å²) in [5, 5.41) is 0. The van der Waals surface area contributed by atoms with E-state index in [2.05, 4.69) is 9.97 Å². The van der Waals surface area contributed by atoms with Gasteiger partial charge in [0.2, 0.25) is 11.8 Å². The number of fused-ring (bicyclic) bond motifs is 1. The highest BCUT2D eigenvalue weighted by Crippen LogP contribution is 2.52. The van der Waals surface area contributed by atoms with Crippen molar-refractivity contribution in [1.82, 2.24) is 19.8 Å². The molecule has 2 unspecified atom stereocenters. The number of carbonyl (C=O) groups excluding carboxylic acids is 2. The van der Waals surface area contributed by atoms with Crippen molar-refractivity contribution < 1.29 is 18.7 Å². The van der Waals surface area contributed by atoms with Crippen LogP contribution in [0.3, 0.4) is 0 Å². The van der Waals surface area contributed by atoms with Crippen LogP contribution in [0.15, 0.2) is 42.6 Å². The number of aryl methyl sites for hydroxylation is 1. The fourth-order valence-electron chi connectivity index (χ4n) is 4.91. The second-order valence-electron chi connectivity index (χ2n) is 8.43. The summed E-state index contributed by atoms with van der Waals surface area (Å²) in [5.74, 6) is -0.919. The molecule has 4 atom stereocenters. The maximum absolute atomic E-state index is 13.3. The van der Waals surface area contributed by atoms with Crippen molar-refractivity contribution in [2.24, 2.45) is 11.8 Å². The van der Waals surface area contributed by atoms with Crippen LogP contribution in [0.25, 0.3) is 0 Å². The molecule has 8 heteroatoms. The number of imidazole rings is 1. The van der Waals surface area contributed by atoms with Gasteiger partial charge in [-0.3, -0.25) is 9.59 Å². The van der Waals surface area contributed by atoms with Crippen LogP contribution >= 0.6 is 0 Å². The van der Waals surface area contributed by atoms with Gasteiger partial charge in [-0.05, 0) is 24.6 Å². The zero-order valence-electron chi connectivity index (χ0n) is 16.8. The largest absolute Gasteiger partial charge is 0.360 e. The number of halogens is 1. The first-order valence-electron chi connectivity index (χ1n) is 10.0. The number of benzene rings is 1. The summed E-state index contributed by atoms with van der Waals surface area (Å²) in [5.41, 5.74) is 1.01. The summed E-state index contributed by atoms with van der Waals surface area (Å²) in [7, 11) is 1.72. The molecule has 0 saturated carbocycles. The second kappa shape index (κ2) is 6.77. The zero-order valence-corrected chi connectivity index (χ0v) is 16.8. The third kappa shape index (κ3) is 2.94. The van der Waals surface area contributed by atoms with Crippen molar-refractivity contribution in [2.75, 3.05) is 13.6 Å². The second-order valence-corrected chi connectivity index (χ2v) is 8.43. The zero-order chi connectivity index (χ0) is 21.0. The summed E-state index contributed by atoms with van der Waals surface area (Å²) in [6.45, 7) is 3.00. The van der Waals surface area contributed by atoms with Gasteiger partial charge in [0.05, 0.1) is 31.0 Å². The molecule has 5 rings (SSSR count). The van der Waals surface area contributed by atoms with E-state index in [1.807, 2.05) is 19.1 Å². The van der Waals surface area contributed by atoms with E-state index >= 15 is 0 Å². The van der Waals surface area contributed by atoms with Crippen molar-refractivity contribution >= 4 is 11.8 Å². The first-order chi connectivity index (χ1) is 14.4. The lowest BCUT2D eigenvalue weighted by molar-refractivity contribution is -0.143. The van der Waals surface area contributed by atoms with E-state index in [9.17, 15) is 14.0 Å². The van der Waals surface area contributed by atoms with Gasteiger partial charge in [-0.15, -0.1) is 0 Å². The lowest BCUT2D eigenvalue weighted by Crippen LogP contribution is -2.44. The van der Waals surface area contributed by atoms with Crippen LogP contribution < -0.4 is 0 Å². The van der Waals surface area contributed by atoms with Gasteiger partial charge in [0, 0.05) is 25.5 Å². The number of ether oxygens (including phenoxy) is 1. The fourth-order valence-corrected chi connectivity index (χ4v) is 4.91. The minimum Gasteiger partial charge on any atom is -0.360 e. The maximum Gasteiger partial charge on any atom is 0.230 e. The molecular weight excluding hydrogens is 387 g/mol. The Morgan fingerprint density at radius 3 is 2.87 bits per heavy atom. The Kier molecular flexibility index (Phi) is 4.28. The SMILES string of the molecule is Cc1cnc(CN(C)C(=O)C2C3C(=O)N(Cc4ccc(F)cc4)C[C@@]34C=C[C@@H]2O4)[nH]1. The highest BCUT2D eigenvalue weighted by molar-refractivity contribution is 5.93. The maximum atomic E-state index is 13.3. The van der Waals surface area contributed by atoms with Gasteiger partial charge < -0.3 is 19.5 Å². The van der Waals surface area contributed by atoms with E-state index in [0.29, 0.717) is 25.5 Å². The molecule has 2 bridgehead atoms. The molecule has 7 nitrogen and oxygen atoms in total. The van der Waals surface area contributed by atoms with Crippen LogP contribution in [0.5, 0.6) is 0 Å². The molecule has 3 aliphatic rings. The van der Waals surface area contributed by atoms with Crippen molar-refractivity contribution in [3.05, 3.63) is 65.5 Å². The number of nitrogens with zero attached hydrogens (tertiary/aromatic N) is 3. The quantitative estimate of drug-likeness (QED) is 0.763. The lowest BCUT2D eigenvalue weighted by atomic mass is 9.76. The minimum atomic E-state index is -0.760. The van der Waals surface area contributed by atoms with Gasteiger partial charge in [0.1, 0.15) is 17.2 Å². The summed E-state index contributed by atoms with van der Waals surface area (Å²) >= 11 is 0. The molecule has 0 radical (unpaired) electrons. The molecule has 1 aromatic heterocycles. The molecule has 4 heterocycles. The van der Waals surface area contributed by atoms with Gasteiger partial charge in [0.15, 0.2) is 0 Å². The summed E-state index contributed by atoms with van der Waals surface area (Å²) in [6, 6.07) is 6.11. The number of likely N-dealkylation sites (tertiary alicyclic amines) is 1. The Labute approximate surface area is 173 Å². The first kappa shape index (κ1) is 19.0. The molecule has 0 aliphatic carbocycles. The van der Waals surface area contributed by atoms with Crippen LogP contribution in [0.4, 0.5) is 4.39 Å². The number of aromatic amines is 1. The molecule has 2 saturated heterocycles. The number of nitrogens with one attached hydrogen (secondary N) is 1. The van der Waals surface area contributed by atoms with Crippen molar-refractivity contribution in [2.45, 2.75) is 31.7 Å². The smallest absolute Gasteiger partial charge is 0.230 e. The average molecular weight is 410 g/mol. The number of carbonyl (C=O) groups is 2. The number of amides is 2. The van der Waals surface area contributed by atoms with E-state index in [1.54, 1.807) is 35.2 Å². The summed E-state index contributed by atoms with van der Waals surface area (Å²) in [6.07, 6.45) is 5.17. The van der Waals surface area contributed by atoms with Gasteiger partial charge in [-0.1, -0.05) is 24.3 Å². The van der Waals surface area contributed by atoms with E-state index in [4.69, 9.17) is 4.74 Å². The molecule has 30 heavy (non-hydrogen) atoms. The molecule has 1 N–H and O–H groups in total. The Balaban J connectivity index is 1.35. The van der Waals surface area contributed by atoms with Crippen LogP contribution in [0.2, 0.25) is 0 Å². The van der Waals surface area contributed by atoms with Crippen molar-refractivity contribution in [3.63, 3.8) is 0 Å². The molecule has 1 aromatic carbocycles. The average Bonchev–Trinajstić information content (AvgIpc) is 3.45. The summed E-state index contributed by atoms with van der Waals surface area (Å²) in [4.78, 5) is 37.3. The van der Waals surface area contributed by atoms with E-state index in [1.165, 1.54) is 12.1 Å². The fraction of sp³-hybridized carbons (Fsp3) is 0.409. The van der Waals surface area contributed by atoms with Crippen molar-refractivity contribution in [1.29, 1.82) is 0 Å². The van der Waals surface area contributed by atoms with Gasteiger partial charge >= 0.3 is 0 Å². The molecule has 2 amide bonds. The molecule has 2 fully saturated rings. The normalized spacial score (nSPS) is 29.0. The van der Waals surface area contributed by atoms with E-state index in [0.717, 1.165) is 11.3 Å². The molecule has 2 aromatic rings. The number of H-pyrrole nitrogens is 1. The topological polar surface area (TPSA) is 78.5 Å². The third-order valence-electron chi connectivity index (χ3n) is 6.27. The molecule has 3 aliphatic heterocycles. The molecular formula is C22H23FN4O3. The molecule has 156 valence electrons. The highest BCUT2D eigenvalue weighted by atomic mass is 19.1. The van der Waals surface area contributed by atoms with Gasteiger partial charge in [-0.25, -0.2) is 9.37 Å². The molecule has 1 spiro atoms. The van der Waals surface area contributed by atoms with Crippen LogP contribution in [0, 0.1) is 24.6 Å². The van der Waals surface area contributed by atoms with Gasteiger partial charge in [0.25, 0.3) is 0 Å². The third-order valence-corrected chi connectivity index (χ3v) is 6.27. The number of hydrogen-bond donors (Lipinski definition) is 1. The Morgan fingerprint density at radius 2 is 2.17 bits per heavy atom. The monoisotopic (exact) mass is 410 g/mol. The standard InChI is InChI=1S/C22H23FN4O3/c1-13-9-24-17(25-13)11-26(2)20(28)18-16-7-8-22(30-16)12-27(21(29)19(18)22)10-14-3-5-15(23)6-4-14/h3-9,16,18-19H,10-12H2,1-2H3,(H,24,25)/t16-,18?,19?,22-/m0/s1. The first-order valence-corrected chi connectivity index (χ1v) is 10.0. The Bertz CT molecular complexity index is 1030. The highest BCUT2D eigenvalue weighted by Gasteiger charge is 2.67. The van der Waals surface area contributed by atoms with Crippen LogP contribution in [-0.2, 0) is 27.4 Å². The summed E-state index contributed by atoms with van der Waals surface area (Å²) < 4.78 is 19.4. The van der Waals surface area contributed by atoms with Gasteiger partial charge in [-0.2, -0.15) is 0 Å². The van der Waals surface area contributed by atoms with E-state index in [-0.39, 0.29) is 23.7 Å². The van der Waals surface area contributed by atoms with E-state index < -0.39 is 17.4 Å². The number of aromatic nitrogens is 2. The van der Waals surface area contributed by atoms with Crippen LogP contribution in [-0.4, -0.2) is 56.9 Å². The Morgan fingerprint density at radius 1 is 1.40 bits per heavy atom. The van der Waals surface area contributed by atoms with Crippen molar-refractivity contribution in [3.8, 4) is 0 Å². The predicted octanol–water partition coefficient (Wildman–Crippen LogP) is 1.80. The van der Waals surface area contributed by atoms with Crippen LogP contribution in [0.1, 0.15) is 17.1 Å². The number of hydrogen-bond acceptors (Lipinski definition) is 4. The number of rotatable bonds is 5. The lowest BCUT2D eigenvalue weighted by Gasteiger charge is -2.27. The minimum absolute atomic E-state index is 0.0910.